The Kier molecular flexibility index (Phi) is 9.58. The van der Waals surface area contributed by atoms with E-state index in [1.807, 2.05) is 63.2 Å². The van der Waals surface area contributed by atoms with Gasteiger partial charge in [-0.1, -0.05) is 61.5 Å². The fourth-order valence-corrected chi connectivity index (χ4v) is 4.88. The summed E-state index contributed by atoms with van der Waals surface area (Å²) in [5.74, 6) is 1.27. The van der Waals surface area contributed by atoms with Crippen LogP contribution in [-0.4, -0.2) is 43.8 Å². The minimum atomic E-state index is -0.568. The van der Waals surface area contributed by atoms with Crippen molar-refractivity contribution in [2.24, 2.45) is 11.3 Å². The molecule has 4 rings (SSSR count). The second-order valence-electron chi connectivity index (χ2n) is 11.2. The molecule has 39 heavy (non-hydrogen) atoms. The lowest BCUT2D eigenvalue weighted by molar-refractivity contribution is -0.143. The minimum Gasteiger partial charge on any atom is -0.492 e. The van der Waals surface area contributed by atoms with E-state index in [0.29, 0.717) is 12.4 Å². The van der Waals surface area contributed by atoms with Gasteiger partial charge in [-0.25, -0.2) is 0 Å². The SMILES string of the molecule is CC/C(=C(/c1ccc(OCCN2CC[C@@H](CF)C2)cc1)c1ccc(OC(=O)C(C)(C)C)cc1)c1ccccc1. The van der Waals surface area contributed by atoms with Crippen LogP contribution in [0.5, 0.6) is 11.5 Å². The molecular formula is C34H40FNO3. The lowest BCUT2D eigenvalue weighted by Crippen LogP contribution is -2.26. The minimum absolute atomic E-state index is 0.173. The van der Waals surface area contributed by atoms with E-state index in [4.69, 9.17) is 9.47 Å². The molecule has 1 atom stereocenters. The third-order valence-electron chi connectivity index (χ3n) is 7.15. The molecule has 0 saturated carbocycles. The van der Waals surface area contributed by atoms with Gasteiger partial charge >= 0.3 is 5.97 Å². The summed E-state index contributed by atoms with van der Waals surface area (Å²) in [5, 5.41) is 0. The van der Waals surface area contributed by atoms with Crippen LogP contribution in [0.3, 0.4) is 0 Å². The summed E-state index contributed by atoms with van der Waals surface area (Å²) in [4.78, 5) is 14.6. The van der Waals surface area contributed by atoms with Crippen molar-refractivity contribution < 1.29 is 18.7 Å². The molecule has 206 valence electrons. The molecule has 0 bridgehead atoms. The standard InChI is InChI=1S/C34H40FNO3/c1-5-31(26-9-7-6-8-10-26)32(28-13-17-30(18-14-28)39-33(37)34(2,3)4)27-11-15-29(16-12-27)38-22-21-36-20-19-25(23-35)24-36/h6-18,25H,5,19-24H2,1-4H3/b32-31+/t25-/m0/s1. The first-order valence-corrected chi connectivity index (χ1v) is 13.9. The molecule has 3 aromatic rings. The first-order valence-electron chi connectivity index (χ1n) is 13.9. The van der Waals surface area contributed by atoms with Gasteiger partial charge < -0.3 is 9.47 Å². The highest BCUT2D eigenvalue weighted by Crippen LogP contribution is 2.36. The molecule has 3 aromatic carbocycles. The van der Waals surface area contributed by atoms with Gasteiger partial charge in [0.25, 0.3) is 0 Å². The zero-order valence-corrected chi connectivity index (χ0v) is 23.6. The predicted molar refractivity (Wildman–Crippen MR) is 157 cm³/mol. The summed E-state index contributed by atoms with van der Waals surface area (Å²) in [5.41, 5.74) is 5.13. The second kappa shape index (κ2) is 13.1. The number of likely N-dealkylation sites (tertiary alicyclic amines) is 1. The molecular weight excluding hydrogens is 489 g/mol. The van der Waals surface area contributed by atoms with E-state index in [1.54, 1.807) is 0 Å². The molecule has 0 unspecified atom stereocenters. The average Bonchev–Trinajstić information content (AvgIpc) is 3.41. The van der Waals surface area contributed by atoms with Crippen LogP contribution >= 0.6 is 0 Å². The lowest BCUT2D eigenvalue weighted by Gasteiger charge is -2.19. The number of allylic oxidation sites excluding steroid dienone is 1. The first-order chi connectivity index (χ1) is 18.8. The topological polar surface area (TPSA) is 38.8 Å². The van der Waals surface area contributed by atoms with E-state index >= 15 is 0 Å². The van der Waals surface area contributed by atoms with Gasteiger partial charge in [-0.15, -0.1) is 0 Å². The van der Waals surface area contributed by atoms with Crippen LogP contribution in [0.4, 0.5) is 4.39 Å². The molecule has 0 amide bonds. The quantitative estimate of drug-likeness (QED) is 0.153. The summed E-state index contributed by atoms with van der Waals surface area (Å²) in [6.07, 6.45) is 1.79. The Balaban J connectivity index is 1.57. The monoisotopic (exact) mass is 529 g/mol. The normalized spacial score (nSPS) is 16.6. The number of alkyl halides is 1. The number of hydrogen-bond donors (Lipinski definition) is 0. The first kappa shape index (κ1) is 28.6. The highest BCUT2D eigenvalue weighted by atomic mass is 19.1. The van der Waals surface area contributed by atoms with Crippen LogP contribution < -0.4 is 9.47 Å². The Labute approximate surface area is 232 Å². The Morgan fingerprint density at radius 3 is 2.05 bits per heavy atom. The van der Waals surface area contributed by atoms with Crippen molar-refractivity contribution in [3.05, 3.63) is 95.6 Å². The number of rotatable bonds is 10. The van der Waals surface area contributed by atoms with Crippen molar-refractivity contribution in [3.63, 3.8) is 0 Å². The van der Waals surface area contributed by atoms with Gasteiger partial charge in [-0.3, -0.25) is 14.1 Å². The van der Waals surface area contributed by atoms with Gasteiger partial charge in [-0.05, 0) is 92.3 Å². The Morgan fingerprint density at radius 1 is 0.897 bits per heavy atom. The van der Waals surface area contributed by atoms with Crippen molar-refractivity contribution in [3.8, 4) is 11.5 Å². The molecule has 0 aliphatic carbocycles. The molecule has 1 fully saturated rings. The largest absolute Gasteiger partial charge is 0.492 e. The van der Waals surface area contributed by atoms with E-state index in [-0.39, 0.29) is 18.6 Å². The van der Waals surface area contributed by atoms with E-state index in [1.165, 1.54) is 11.1 Å². The zero-order chi connectivity index (χ0) is 27.8. The van der Waals surface area contributed by atoms with Crippen LogP contribution in [0.1, 0.15) is 57.2 Å². The third-order valence-corrected chi connectivity index (χ3v) is 7.15. The number of halogens is 1. The number of carbonyl (C=O) groups excluding carboxylic acids is 1. The number of carbonyl (C=O) groups is 1. The summed E-state index contributed by atoms with van der Waals surface area (Å²) < 4.78 is 24.5. The molecule has 0 radical (unpaired) electrons. The second-order valence-corrected chi connectivity index (χ2v) is 11.2. The molecule has 1 aliphatic heterocycles. The van der Waals surface area contributed by atoms with E-state index in [0.717, 1.165) is 54.9 Å². The predicted octanol–water partition coefficient (Wildman–Crippen LogP) is 7.68. The molecule has 5 heteroatoms. The molecule has 0 spiro atoms. The highest BCUT2D eigenvalue weighted by molar-refractivity contribution is 5.98. The van der Waals surface area contributed by atoms with Crippen LogP contribution in [0.15, 0.2) is 78.9 Å². The fraction of sp³-hybridized carbons (Fsp3) is 0.382. The zero-order valence-electron chi connectivity index (χ0n) is 23.6. The molecule has 0 N–H and O–H groups in total. The third kappa shape index (κ3) is 7.57. The van der Waals surface area contributed by atoms with Gasteiger partial charge in [0.15, 0.2) is 0 Å². The molecule has 0 aromatic heterocycles. The maximum atomic E-state index is 12.9. The average molecular weight is 530 g/mol. The Bertz CT molecular complexity index is 1240. The summed E-state index contributed by atoms with van der Waals surface area (Å²) in [7, 11) is 0. The molecule has 1 saturated heterocycles. The van der Waals surface area contributed by atoms with Gasteiger partial charge in [0.1, 0.15) is 18.1 Å². The smallest absolute Gasteiger partial charge is 0.316 e. The van der Waals surface area contributed by atoms with Crippen molar-refractivity contribution in [1.29, 1.82) is 0 Å². The van der Waals surface area contributed by atoms with Crippen LogP contribution in [0, 0.1) is 11.3 Å². The number of nitrogens with zero attached hydrogens (tertiary/aromatic N) is 1. The Morgan fingerprint density at radius 2 is 1.51 bits per heavy atom. The summed E-state index contributed by atoms with van der Waals surface area (Å²) in [6, 6.07) is 26.4. The molecule has 1 heterocycles. The maximum Gasteiger partial charge on any atom is 0.316 e. The fourth-order valence-electron chi connectivity index (χ4n) is 4.88. The van der Waals surface area contributed by atoms with Crippen molar-refractivity contribution in [2.75, 3.05) is 32.9 Å². The van der Waals surface area contributed by atoms with Crippen molar-refractivity contribution in [2.45, 2.75) is 40.5 Å². The maximum absolute atomic E-state index is 12.9. The Hall–Kier alpha value is -3.44. The molecule has 4 nitrogen and oxygen atoms in total. The molecule has 1 aliphatic rings. The number of hydrogen-bond acceptors (Lipinski definition) is 4. The van der Waals surface area contributed by atoms with Gasteiger partial charge in [0.05, 0.1) is 12.1 Å². The van der Waals surface area contributed by atoms with E-state index < -0.39 is 5.41 Å². The van der Waals surface area contributed by atoms with Crippen molar-refractivity contribution in [1.82, 2.24) is 4.90 Å². The summed E-state index contributed by atoms with van der Waals surface area (Å²) >= 11 is 0. The number of benzene rings is 3. The van der Waals surface area contributed by atoms with Gasteiger partial charge in [-0.2, -0.15) is 0 Å². The van der Waals surface area contributed by atoms with Crippen molar-refractivity contribution >= 4 is 17.1 Å². The van der Waals surface area contributed by atoms with Crippen LogP contribution in [-0.2, 0) is 4.79 Å². The lowest BCUT2D eigenvalue weighted by atomic mass is 9.88. The highest BCUT2D eigenvalue weighted by Gasteiger charge is 2.24. The van der Waals surface area contributed by atoms with Gasteiger partial charge in [0, 0.05) is 19.0 Å². The summed E-state index contributed by atoms with van der Waals surface area (Å²) in [6.45, 7) is 10.6. The van der Waals surface area contributed by atoms with E-state index in [9.17, 15) is 9.18 Å². The number of ether oxygens (including phenoxy) is 2. The van der Waals surface area contributed by atoms with Crippen LogP contribution in [0.25, 0.3) is 11.1 Å². The van der Waals surface area contributed by atoms with E-state index in [2.05, 4.69) is 48.2 Å². The van der Waals surface area contributed by atoms with Crippen LogP contribution in [0.2, 0.25) is 0 Å². The van der Waals surface area contributed by atoms with Gasteiger partial charge in [0.2, 0.25) is 0 Å². The number of esters is 1.